The van der Waals surface area contributed by atoms with Gasteiger partial charge in [-0.15, -0.1) is 0 Å². The molecule has 1 aromatic rings. The Morgan fingerprint density at radius 3 is 2.77 bits per heavy atom. The molecule has 0 aromatic heterocycles. The Balaban J connectivity index is 1.63. The van der Waals surface area contributed by atoms with Gasteiger partial charge in [-0.3, -0.25) is 4.99 Å². The predicted molar refractivity (Wildman–Crippen MR) is 88.6 cm³/mol. The highest BCUT2D eigenvalue weighted by molar-refractivity contribution is 5.94. The SMILES string of the molecule is COc1ccc(OC)c(NC(N)=NCC2CC3CCC2C3)c1. The van der Waals surface area contributed by atoms with E-state index in [-0.39, 0.29) is 0 Å². The van der Waals surface area contributed by atoms with Crippen LogP contribution in [0.5, 0.6) is 11.5 Å². The fourth-order valence-corrected chi connectivity index (χ4v) is 3.90. The van der Waals surface area contributed by atoms with Crippen molar-refractivity contribution >= 4 is 11.6 Å². The number of nitrogens with two attached hydrogens (primary N) is 1. The van der Waals surface area contributed by atoms with Gasteiger partial charge in [0.15, 0.2) is 5.96 Å². The van der Waals surface area contributed by atoms with E-state index in [1.165, 1.54) is 25.7 Å². The van der Waals surface area contributed by atoms with Crippen molar-refractivity contribution in [1.29, 1.82) is 0 Å². The van der Waals surface area contributed by atoms with Crippen molar-refractivity contribution in [3.63, 3.8) is 0 Å². The molecule has 0 heterocycles. The molecule has 0 spiro atoms. The van der Waals surface area contributed by atoms with Crippen molar-refractivity contribution in [1.82, 2.24) is 0 Å². The van der Waals surface area contributed by atoms with Crippen molar-refractivity contribution in [3.05, 3.63) is 18.2 Å². The highest BCUT2D eigenvalue weighted by atomic mass is 16.5. The molecule has 3 unspecified atom stereocenters. The van der Waals surface area contributed by atoms with Crippen LogP contribution >= 0.6 is 0 Å². The maximum absolute atomic E-state index is 6.04. The average Bonchev–Trinajstić information content (AvgIpc) is 3.15. The number of nitrogens with zero attached hydrogens (tertiary/aromatic N) is 1. The Morgan fingerprint density at radius 1 is 1.27 bits per heavy atom. The summed E-state index contributed by atoms with van der Waals surface area (Å²) in [5, 5.41) is 3.13. The van der Waals surface area contributed by atoms with Crippen LogP contribution in [0.25, 0.3) is 0 Å². The maximum atomic E-state index is 6.04. The summed E-state index contributed by atoms with van der Waals surface area (Å²) in [5.74, 6) is 4.44. The minimum atomic E-state index is 0.439. The minimum Gasteiger partial charge on any atom is -0.497 e. The van der Waals surface area contributed by atoms with Crippen LogP contribution < -0.4 is 20.5 Å². The van der Waals surface area contributed by atoms with Crippen LogP contribution in [0.3, 0.4) is 0 Å². The van der Waals surface area contributed by atoms with E-state index in [0.29, 0.717) is 11.9 Å². The van der Waals surface area contributed by atoms with E-state index in [9.17, 15) is 0 Å². The Hall–Kier alpha value is -1.91. The molecule has 2 saturated carbocycles. The van der Waals surface area contributed by atoms with E-state index in [1.54, 1.807) is 14.2 Å². The normalized spacial score (nSPS) is 27.0. The summed E-state index contributed by atoms with van der Waals surface area (Å²) >= 11 is 0. The van der Waals surface area contributed by atoms with Crippen molar-refractivity contribution in [2.75, 3.05) is 26.1 Å². The summed E-state index contributed by atoms with van der Waals surface area (Å²) in [4.78, 5) is 4.54. The van der Waals surface area contributed by atoms with Crippen LogP contribution in [0.4, 0.5) is 5.69 Å². The first kappa shape index (κ1) is 15.0. The summed E-state index contributed by atoms with van der Waals surface area (Å²) in [6.07, 6.45) is 5.52. The van der Waals surface area contributed by atoms with E-state index >= 15 is 0 Å². The molecule has 0 amide bonds. The lowest BCUT2D eigenvalue weighted by molar-refractivity contribution is 0.342. The maximum Gasteiger partial charge on any atom is 0.193 e. The van der Waals surface area contributed by atoms with E-state index in [0.717, 1.165) is 35.6 Å². The van der Waals surface area contributed by atoms with Crippen LogP contribution in [-0.2, 0) is 0 Å². The number of hydrogen-bond acceptors (Lipinski definition) is 3. The number of anilines is 1. The predicted octanol–water partition coefficient (Wildman–Crippen LogP) is 2.87. The molecular weight excluding hydrogens is 278 g/mol. The summed E-state index contributed by atoms with van der Waals surface area (Å²) < 4.78 is 10.6. The van der Waals surface area contributed by atoms with Gasteiger partial charge in [0.2, 0.25) is 0 Å². The summed E-state index contributed by atoms with van der Waals surface area (Å²) in [6.45, 7) is 0.826. The van der Waals surface area contributed by atoms with Gasteiger partial charge >= 0.3 is 0 Å². The van der Waals surface area contributed by atoms with Crippen molar-refractivity contribution in [2.45, 2.75) is 25.7 Å². The van der Waals surface area contributed by atoms with E-state index in [2.05, 4.69) is 10.3 Å². The van der Waals surface area contributed by atoms with Crippen LogP contribution in [0.1, 0.15) is 25.7 Å². The average molecular weight is 303 g/mol. The lowest BCUT2D eigenvalue weighted by atomic mass is 9.89. The van der Waals surface area contributed by atoms with Gasteiger partial charge in [-0.2, -0.15) is 0 Å². The fraction of sp³-hybridized carbons (Fsp3) is 0.588. The second-order valence-corrected chi connectivity index (χ2v) is 6.35. The number of hydrogen-bond donors (Lipinski definition) is 2. The molecule has 120 valence electrons. The molecule has 0 radical (unpaired) electrons. The minimum absolute atomic E-state index is 0.439. The number of ether oxygens (including phenoxy) is 2. The van der Waals surface area contributed by atoms with E-state index in [4.69, 9.17) is 15.2 Å². The number of guanidine groups is 1. The monoisotopic (exact) mass is 303 g/mol. The molecular formula is C17H25N3O2. The van der Waals surface area contributed by atoms with Gasteiger partial charge in [0, 0.05) is 12.6 Å². The molecule has 0 aliphatic heterocycles. The third-order valence-corrected chi connectivity index (χ3v) is 5.05. The van der Waals surface area contributed by atoms with Gasteiger partial charge in [-0.1, -0.05) is 6.42 Å². The Kier molecular flexibility index (Phi) is 4.41. The zero-order chi connectivity index (χ0) is 15.5. The Morgan fingerprint density at radius 2 is 2.14 bits per heavy atom. The third-order valence-electron chi connectivity index (χ3n) is 5.05. The molecule has 0 saturated heterocycles. The Bertz CT molecular complexity index is 559. The smallest absolute Gasteiger partial charge is 0.193 e. The molecule has 5 nitrogen and oxygen atoms in total. The van der Waals surface area contributed by atoms with Crippen LogP contribution in [0.15, 0.2) is 23.2 Å². The van der Waals surface area contributed by atoms with Crippen molar-refractivity contribution in [2.24, 2.45) is 28.5 Å². The molecule has 22 heavy (non-hydrogen) atoms. The highest BCUT2D eigenvalue weighted by Gasteiger charge is 2.39. The van der Waals surface area contributed by atoms with E-state index < -0.39 is 0 Å². The molecule has 2 aliphatic rings. The third kappa shape index (κ3) is 3.13. The molecule has 3 rings (SSSR count). The number of nitrogens with one attached hydrogen (secondary N) is 1. The zero-order valence-electron chi connectivity index (χ0n) is 13.3. The lowest BCUT2D eigenvalue weighted by Gasteiger charge is -2.19. The van der Waals surface area contributed by atoms with Gasteiger partial charge in [0.05, 0.1) is 19.9 Å². The first-order valence-electron chi connectivity index (χ1n) is 7.98. The van der Waals surface area contributed by atoms with Crippen LogP contribution in [-0.4, -0.2) is 26.7 Å². The summed E-state index contributed by atoms with van der Waals surface area (Å²) in [6, 6.07) is 5.57. The first-order valence-corrected chi connectivity index (χ1v) is 7.98. The molecule has 5 heteroatoms. The number of fused-ring (bicyclic) bond motifs is 2. The van der Waals surface area contributed by atoms with Gasteiger partial charge in [-0.05, 0) is 49.1 Å². The largest absolute Gasteiger partial charge is 0.497 e. The van der Waals surface area contributed by atoms with Gasteiger partial charge < -0.3 is 20.5 Å². The number of aliphatic imine (C=N–C) groups is 1. The van der Waals surface area contributed by atoms with Gasteiger partial charge in [-0.25, -0.2) is 0 Å². The lowest BCUT2D eigenvalue weighted by Crippen LogP contribution is -2.25. The molecule has 2 aliphatic carbocycles. The van der Waals surface area contributed by atoms with Crippen molar-refractivity contribution in [3.8, 4) is 11.5 Å². The van der Waals surface area contributed by atoms with Gasteiger partial charge in [0.1, 0.15) is 11.5 Å². The molecule has 2 bridgehead atoms. The molecule has 1 aromatic carbocycles. The standard InChI is InChI=1S/C17H25N3O2/c1-21-14-5-6-16(22-2)15(9-14)20-17(18)19-10-13-8-11-3-4-12(13)7-11/h5-6,9,11-13H,3-4,7-8,10H2,1-2H3,(H3,18,19,20). The fourth-order valence-electron chi connectivity index (χ4n) is 3.90. The summed E-state index contributed by atoms with van der Waals surface area (Å²) in [7, 11) is 3.27. The molecule has 3 atom stereocenters. The number of rotatable bonds is 5. The molecule has 3 N–H and O–H groups in total. The second kappa shape index (κ2) is 6.46. The quantitative estimate of drug-likeness (QED) is 0.648. The number of benzene rings is 1. The first-order chi connectivity index (χ1) is 10.7. The summed E-state index contributed by atoms with van der Waals surface area (Å²) in [5.41, 5.74) is 6.81. The zero-order valence-corrected chi connectivity index (χ0v) is 13.3. The molecule has 2 fully saturated rings. The topological polar surface area (TPSA) is 68.9 Å². The van der Waals surface area contributed by atoms with Crippen LogP contribution in [0.2, 0.25) is 0 Å². The van der Waals surface area contributed by atoms with Gasteiger partial charge in [0.25, 0.3) is 0 Å². The van der Waals surface area contributed by atoms with Crippen molar-refractivity contribution < 1.29 is 9.47 Å². The van der Waals surface area contributed by atoms with E-state index in [1.807, 2.05) is 18.2 Å². The van der Waals surface area contributed by atoms with Crippen LogP contribution in [0, 0.1) is 17.8 Å². The highest BCUT2D eigenvalue weighted by Crippen LogP contribution is 2.48. The number of methoxy groups -OCH3 is 2. The second-order valence-electron chi connectivity index (χ2n) is 6.35. The Labute approximate surface area is 131 Å².